The van der Waals surface area contributed by atoms with Gasteiger partial charge < -0.3 is 14.2 Å². The first-order valence-corrected chi connectivity index (χ1v) is 28.5. The van der Waals surface area contributed by atoms with Gasteiger partial charge in [-0.05, 0) is 148 Å². The third-order valence-corrected chi connectivity index (χ3v) is 11.2. The van der Waals surface area contributed by atoms with Crippen LogP contribution in [0, 0.1) is 0 Å². The second kappa shape index (κ2) is 58.6. The van der Waals surface area contributed by atoms with Gasteiger partial charge >= 0.3 is 17.9 Å². The van der Waals surface area contributed by atoms with E-state index >= 15 is 0 Å². The molecule has 6 heteroatoms. The van der Waals surface area contributed by atoms with E-state index in [1.54, 1.807) is 0 Å². The molecule has 0 fully saturated rings. The first kappa shape index (κ1) is 67.0. The minimum atomic E-state index is -0.831. The maximum absolute atomic E-state index is 12.8. The van der Waals surface area contributed by atoms with Crippen molar-refractivity contribution < 1.29 is 28.6 Å². The first-order chi connectivity index (χ1) is 35.5. The number of ether oxygens (including phenoxy) is 3. The highest BCUT2D eigenvalue weighted by Gasteiger charge is 2.19. The van der Waals surface area contributed by atoms with Gasteiger partial charge in [-0.2, -0.15) is 0 Å². The zero-order chi connectivity index (χ0) is 52.2. The highest BCUT2D eigenvalue weighted by molar-refractivity contribution is 5.71. The molecule has 0 N–H and O–H groups in total. The fourth-order valence-corrected chi connectivity index (χ4v) is 7.03. The number of carbonyl (C=O) groups is 3. The molecule has 0 saturated heterocycles. The van der Waals surface area contributed by atoms with Gasteiger partial charge in [0.2, 0.25) is 0 Å². The summed E-state index contributed by atoms with van der Waals surface area (Å²) in [4.78, 5) is 38.1. The molecule has 1 atom stereocenters. The Balaban J connectivity index is 4.57. The standard InChI is InChI=1S/C66H102O6/c1-4-7-10-13-16-19-22-25-27-29-31-33-35-37-39-41-44-47-50-53-56-59-65(68)71-62-63(61-70-64(67)58-55-52-49-46-43-24-21-18-15-12-9-6-3)72-66(69)60-57-54-51-48-45-42-40-38-36-34-32-30-28-26-23-20-17-14-11-8-5-2/h7-8,10-11,16-21,25-28,31-34,37-40,44-45,47-48,63H,4-6,9,12-15,22-24,29-30,35-36,41-43,46,49-62H2,1-3H3/b10-7-,11-8-,19-16-,20-17-,21-18-,27-25-,28-26-,33-31-,34-32-,39-37-,40-38-,47-44-,48-45-. The van der Waals surface area contributed by atoms with Crippen LogP contribution >= 0.6 is 0 Å². The molecule has 0 saturated carbocycles. The number of unbranched alkanes of at least 4 members (excludes halogenated alkanes) is 12. The molecule has 0 spiro atoms. The second-order valence-corrected chi connectivity index (χ2v) is 18.1. The molecule has 0 aliphatic carbocycles. The van der Waals surface area contributed by atoms with Crippen molar-refractivity contribution in [2.45, 2.75) is 226 Å². The Morgan fingerprint density at radius 2 is 0.542 bits per heavy atom. The van der Waals surface area contributed by atoms with Gasteiger partial charge in [-0.1, -0.05) is 211 Å². The molecule has 0 radical (unpaired) electrons. The van der Waals surface area contributed by atoms with Crippen LogP contribution in [0.1, 0.15) is 220 Å². The molecule has 402 valence electrons. The Bertz CT molecular complexity index is 1660. The topological polar surface area (TPSA) is 78.9 Å². The van der Waals surface area contributed by atoms with E-state index in [0.29, 0.717) is 19.3 Å². The lowest BCUT2D eigenvalue weighted by atomic mass is 10.1. The second-order valence-electron chi connectivity index (χ2n) is 18.1. The van der Waals surface area contributed by atoms with Gasteiger partial charge in [0.15, 0.2) is 6.10 Å². The van der Waals surface area contributed by atoms with Crippen LogP contribution in [0.2, 0.25) is 0 Å². The summed E-state index contributed by atoms with van der Waals surface area (Å²) in [6, 6.07) is 0. The number of carbonyl (C=O) groups excluding carboxylic acids is 3. The van der Waals surface area contributed by atoms with Gasteiger partial charge in [0, 0.05) is 19.3 Å². The Morgan fingerprint density at radius 1 is 0.292 bits per heavy atom. The molecule has 0 aromatic rings. The molecule has 0 aromatic carbocycles. The normalized spacial score (nSPS) is 13.3. The molecule has 0 heterocycles. The van der Waals surface area contributed by atoms with Crippen molar-refractivity contribution in [1.82, 2.24) is 0 Å². The van der Waals surface area contributed by atoms with Crippen LogP contribution in [0.25, 0.3) is 0 Å². The summed E-state index contributed by atoms with van der Waals surface area (Å²) in [5.41, 5.74) is 0. The fraction of sp³-hybridized carbons (Fsp3) is 0.561. The molecule has 72 heavy (non-hydrogen) atoms. The molecular formula is C66H102O6. The van der Waals surface area contributed by atoms with Crippen molar-refractivity contribution in [2.24, 2.45) is 0 Å². The third-order valence-electron chi connectivity index (χ3n) is 11.2. The summed E-state index contributed by atoms with van der Waals surface area (Å²) in [6.45, 7) is 6.28. The van der Waals surface area contributed by atoms with Crippen LogP contribution < -0.4 is 0 Å². The predicted octanol–water partition coefficient (Wildman–Crippen LogP) is 19.4. The highest BCUT2D eigenvalue weighted by atomic mass is 16.6. The van der Waals surface area contributed by atoms with Gasteiger partial charge in [-0.15, -0.1) is 0 Å². The summed E-state index contributed by atoms with van der Waals surface area (Å²) in [6.07, 6.45) is 85.2. The average Bonchev–Trinajstić information content (AvgIpc) is 3.38. The fourth-order valence-electron chi connectivity index (χ4n) is 7.03. The monoisotopic (exact) mass is 991 g/mol. The van der Waals surface area contributed by atoms with Crippen molar-refractivity contribution in [2.75, 3.05) is 13.2 Å². The van der Waals surface area contributed by atoms with Gasteiger partial charge in [-0.3, -0.25) is 14.4 Å². The van der Waals surface area contributed by atoms with E-state index in [1.165, 1.54) is 32.1 Å². The van der Waals surface area contributed by atoms with Crippen LogP contribution in [0.5, 0.6) is 0 Å². The van der Waals surface area contributed by atoms with E-state index in [2.05, 4.69) is 179 Å². The maximum atomic E-state index is 12.8. The molecule has 0 aromatic heterocycles. The summed E-state index contributed by atoms with van der Waals surface area (Å²) < 4.78 is 16.8. The van der Waals surface area contributed by atoms with Crippen molar-refractivity contribution in [3.63, 3.8) is 0 Å². The van der Waals surface area contributed by atoms with Crippen LogP contribution in [-0.4, -0.2) is 37.2 Å². The Morgan fingerprint density at radius 3 is 0.889 bits per heavy atom. The summed E-state index contributed by atoms with van der Waals surface area (Å²) >= 11 is 0. The lowest BCUT2D eigenvalue weighted by molar-refractivity contribution is -0.167. The van der Waals surface area contributed by atoms with Crippen LogP contribution in [0.4, 0.5) is 0 Å². The molecule has 0 aliphatic heterocycles. The Hall–Kier alpha value is -4.97. The van der Waals surface area contributed by atoms with E-state index in [-0.39, 0.29) is 44.0 Å². The van der Waals surface area contributed by atoms with Gasteiger partial charge in [0.25, 0.3) is 0 Å². The largest absolute Gasteiger partial charge is 0.462 e. The number of hydrogen-bond acceptors (Lipinski definition) is 6. The van der Waals surface area contributed by atoms with Gasteiger partial charge in [-0.25, -0.2) is 0 Å². The van der Waals surface area contributed by atoms with E-state index in [4.69, 9.17) is 14.2 Å². The molecule has 0 aliphatic rings. The molecule has 6 nitrogen and oxygen atoms in total. The quantitative estimate of drug-likeness (QED) is 0.0262. The Labute approximate surface area is 441 Å². The van der Waals surface area contributed by atoms with Crippen LogP contribution in [0.3, 0.4) is 0 Å². The maximum Gasteiger partial charge on any atom is 0.306 e. The minimum Gasteiger partial charge on any atom is -0.462 e. The number of rotatable bonds is 49. The lowest BCUT2D eigenvalue weighted by Crippen LogP contribution is -2.30. The summed E-state index contributed by atoms with van der Waals surface area (Å²) in [5.74, 6) is -1.03. The smallest absolute Gasteiger partial charge is 0.306 e. The van der Waals surface area contributed by atoms with Gasteiger partial charge in [0.1, 0.15) is 13.2 Å². The molecule has 1 unspecified atom stereocenters. The zero-order valence-electron chi connectivity index (χ0n) is 45.9. The van der Waals surface area contributed by atoms with Gasteiger partial charge in [0.05, 0.1) is 0 Å². The van der Waals surface area contributed by atoms with E-state index in [0.717, 1.165) is 135 Å². The minimum absolute atomic E-state index is 0.121. The van der Waals surface area contributed by atoms with Crippen LogP contribution in [0.15, 0.2) is 158 Å². The average molecular weight is 992 g/mol. The summed E-state index contributed by atoms with van der Waals surface area (Å²) in [5, 5.41) is 0. The summed E-state index contributed by atoms with van der Waals surface area (Å²) in [7, 11) is 0. The number of allylic oxidation sites excluding steroid dienone is 26. The Kier molecular flexibility index (Phi) is 54.6. The zero-order valence-corrected chi connectivity index (χ0v) is 45.9. The molecule has 0 bridgehead atoms. The van der Waals surface area contributed by atoms with Crippen LogP contribution in [-0.2, 0) is 28.6 Å². The van der Waals surface area contributed by atoms with Crippen molar-refractivity contribution in [3.8, 4) is 0 Å². The molecule has 0 amide bonds. The van der Waals surface area contributed by atoms with Crippen molar-refractivity contribution in [3.05, 3.63) is 158 Å². The van der Waals surface area contributed by atoms with E-state index < -0.39 is 6.10 Å². The first-order valence-electron chi connectivity index (χ1n) is 28.5. The van der Waals surface area contributed by atoms with E-state index in [9.17, 15) is 14.4 Å². The van der Waals surface area contributed by atoms with Crippen molar-refractivity contribution >= 4 is 17.9 Å². The number of hydrogen-bond donors (Lipinski definition) is 0. The molecular weight excluding hydrogens is 889 g/mol. The van der Waals surface area contributed by atoms with Crippen molar-refractivity contribution in [1.29, 1.82) is 0 Å². The predicted molar refractivity (Wildman–Crippen MR) is 311 cm³/mol. The SMILES string of the molecule is CC/C=C\C/C=C\C/C=C\C/C=C\C/C=C\C/C=C\CCCCC(=O)OCC(COC(=O)CCCCCCC/C=C\CCCCC)OC(=O)CCCC/C=C\C/C=C\C/C=C\C/C=C\C/C=C\C/C=C\CC. The van der Waals surface area contributed by atoms with E-state index in [1.807, 2.05) is 0 Å². The lowest BCUT2D eigenvalue weighted by Gasteiger charge is -2.18. The third kappa shape index (κ3) is 56.0. The molecule has 0 rings (SSSR count). The highest BCUT2D eigenvalue weighted by Crippen LogP contribution is 2.12. The number of esters is 3.